The second-order valence-corrected chi connectivity index (χ2v) is 10.0. The molecule has 10 heteroatoms. The van der Waals surface area contributed by atoms with E-state index >= 15 is 0 Å². The van der Waals surface area contributed by atoms with E-state index in [0.717, 1.165) is 6.26 Å². The van der Waals surface area contributed by atoms with Gasteiger partial charge in [0.25, 0.3) is 10.0 Å². The third-order valence-electron chi connectivity index (χ3n) is 4.21. The maximum atomic E-state index is 12.8. The van der Waals surface area contributed by atoms with Gasteiger partial charge in [-0.1, -0.05) is 12.1 Å². The van der Waals surface area contributed by atoms with Gasteiger partial charge >= 0.3 is 5.97 Å². The molecular weight excluding hydrogens is 416 g/mol. The molecule has 1 heterocycles. The van der Waals surface area contributed by atoms with Crippen LogP contribution in [0.25, 0.3) is 5.69 Å². The number of carboxylic acid groups (broad SMARTS) is 1. The number of carboxylic acids is 1. The molecule has 8 nitrogen and oxygen atoms in total. The zero-order valence-electron chi connectivity index (χ0n) is 15.5. The first-order chi connectivity index (χ1) is 13.5. The molecule has 0 saturated carbocycles. The molecule has 29 heavy (non-hydrogen) atoms. The number of rotatable bonds is 6. The minimum absolute atomic E-state index is 0.0727. The SMILES string of the molecule is Cc1cc(NS(=O)(=O)c2ccccc2S(C)(=O)=O)ccc1-n1cccc1C(=O)O. The van der Waals surface area contributed by atoms with Crippen molar-refractivity contribution in [1.82, 2.24) is 4.57 Å². The number of aryl methyl sites for hydroxylation is 1. The lowest BCUT2D eigenvalue weighted by Gasteiger charge is -2.14. The molecule has 0 aliphatic carbocycles. The lowest BCUT2D eigenvalue weighted by molar-refractivity contribution is 0.0688. The summed E-state index contributed by atoms with van der Waals surface area (Å²) in [6.07, 6.45) is 2.54. The Morgan fingerprint density at radius 2 is 1.62 bits per heavy atom. The van der Waals surface area contributed by atoms with Crippen molar-refractivity contribution >= 4 is 31.5 Å². The van der Waals surface area contributed by atoms with Gasteiger partial charge in [0.1, 0.15) is 10.6 Å². The smallest absolute Gasteiger partial charge is 0.352 e. The highest BCUT2D eigenvalue weighted by atomic mass is 32.2. The van der Waals surface area contributed by atoms with Crippen LogP contribution in [0.1, 0.15) is 16.1 Å². The van der Waals surface area contributed by atoms with Gasteiger partial charge in [-0.25, -0.2) is 21.6 Å². The molecule has 2 aromatic carbocycles. The molecule has 152 valence electrons. The van der Waals surface area contributed by atoms with Crippen LogP contribution in [0, 0.1) is 6.92 Å². The molecule has 2 N–H and O–H groups in total. The van der Waals surface area contributed by atoms with Crippen molar-refractivity contribution in [3.63, 3.8) is 0 Å². The number of hydrogen-bond donors (Lipinski definition) is 2. The number of anilines is 1. The first-order valence-electron chi connectivity index (χ1n) is 8.34. The van der Waals surface area contributed by atoms with Gasteiger partial charge in [0.05, 0.1) is 4.90 Å². The average molecular weight is 434 g/mol. The summed E-state index contributed by atoms with van der Waals surface area (Å²) in [6, 6.07) is 13.0. The molecule has 0 fully saturated rings. The highest BCUT2D eigenvalue weighted by Crippen LogP contribution is 2.26. The molecule has 0 saturated heterocycles. The van der Waals surface area contributed by atoms with E-state index in [1.165, 1.54) is 41.0 Å². The number of nitrogens with one attached hydrogen (secondary N) is 1. The van der Waals surface area contributed by atoms with Crippen LogP contribution >= 0.6 is 0 Å². The van der Waals surface area contributed by atoms with Gasteiger partial charge < -0.3 is 9.67 Å². The molecule has 0 aliphatic heterocycles. The number of aromatic carboxylic acids is 1. The zero-order valence-corrected chi connectivity index (χ0v) is 17.2. The lowest BCUT2D eigenvalue weighted by Crippen LogP contribution is -2.16. The van der Waals surface area contributed by atoms with E-state index in [-0.39, 0.29) is 21.2 Å². The summed E-state index contributed by atoms with van der Waals surface area (Å²) >= 11 is 0. The number of aromatic nitrogens is 1. The Kier molecular flexibility index (Phi) is 5.24. The van der Waals surface area contributed by atoms with Gasteiger partial charge in [-0.3, -0.25) is 4.72 Å². The van der Waals surface area contributed by atoms with E-state index in [9.17, 15) is 26.7 Å². The quantitative estimate of drug-likeness (QED) is 0.615. The van der Waals surface area contributed by atoms with Gasteiger partial charge in [0.2, 0.25) is 0 Å². The molecule has 0 unspecified atom stereocenters. The summed E-state index contributed by atoms with van der Waals surface area (Å²) in [5.74, 6) is -1.09. The molecule has 0 amide bonds. The molecule has 0 radical (unpaired) electrons. The van der Waals surface area contributed by atoms with Gasteiger partial charge in [0, 0.05) is 23.8 Å². The van der Waals surface area contributed by atoms with Gasteiger partial charge in [-0.2, -0.15) is 0 Å². The first kappa shape index (κ1) is 20.6. The van der Waals surface area contributed by atoms with Crippen LogP contribution in [0.2, 0.25) is 0 Å². The summed E-state index contributed by atoms with van der Waals surface area (Å²) in [5, 5.41) is 9.27. The highest BCUT2D eigenvalue weighted by Gasteiger charge is 2.24. The topological polar surface area (TPSA) is 123 Å². The Morgan fingerprint density at radius 3 is 2.21 bits per heavy atom. The van der Waals surface area contributed by atoms with Crippen molar-refractivity contribution in [2.75, 3.05) is 11.0 Å². The zero-order chi connectivity index (χ0) is 21.4. The minimum atomic E-state index is -4.16. The molecule has 1 aromatic heterocycles. The van der Waals surface area contributed by atoms with Crippen molar-refractivity contribution in [3.8, 4) is 5.69 Å². The Bertz CT molecular complexity index is 1310. The van der Waals surface area contributed by atoms with Gasteiger partial charge in [-0.15, -0.1) is 0 Å². The monoisotopic (exact) mass is 434 g/mol. The van der Waals surface area contributed by atoms with Crippen LogP contribution in [0.5, 0.6) is 0 Å². The number of benzene rings is 2. The Hall–Kier alpha value is -3.11. The molecule has 3 rings (SSSR count). The second-order valence-electron chi connectivity index (χ2n) is 6.39. The molecule has 0 aliphatic rings. The van der Waals surface area contributed by atoms with Crippen LogP contribution in [0.3, 0.4) is 0 Å². The normalized spacial score (nSPS) is 11.9. The highest BCUT2D eigenvalue weighted by molar-refractivity contribution is 7.95. The van der Waals surface area contributed by atoms with Crippen LogP contribution in [0.4, 0.5) is 5.69 Å². The molecule has 3 aromatic rings. The van der Waals surface area contributed by atoms with E-state index in [1.807, 2.05) is 0 Å². The summed E-state index contributed by atoms with van der Waals surface area (Å²) < 4.78 is 53.3. The Morgan fingerprint density at radius 1 is 0.966 bits per heavy atom. The maximum Gasteiger partial charge on any atom is 0.352 e. The average Bonchev–Trinajstić information content (AvgIpc) is 3.10. The summed E-state index contributed by atoms with van der Waals surface area (Å²) in [6.45, 7) is 1.71. The first-order valence-corrected chi connectivity index (χ1v) is 11.7. The van der Waals surface area contributed by atoms with Crippen LogP contribution in [-0.4, -0.2) is 38.7 Å². The summed E-state index contributed by atoms with van der Waals surface area (Å²) in [5.41, 5.74) is 1.49. The minimum Gasteiger partial charge on any atom is -0.477 e. The largest absolute Gasteiger partial charge is 0.477 e. The second kappa shape index (κ2) is 7.37. The predicted octanol–water partition coefficient (Wildman–Crippen LogP) is 2.69. The third-order valence-corrected chi connectivity index (χ3v) is 6.94. The summed E-state index contributed by atoms with van der Waals surface area (Å²) in [7, 11) is -7.91. The predicted molar refractivity (Wildman–Crippen MR) is 108 cm³/mol. The number of hydrogen-bond acceptors (Lipinski definition) is 5. The van der Waals surface area contributed by atoms with E-state index in [4.69, 9.17) is 0 Å². The molecule has 0 spiro atoms. The van der Waals surface area contributed by atoms with E-state index in [2.05, 4.69) is 4.72 Å². The van der Waals surface area contributed by atoms with E-state index in [0.29, 0.717) is 11.3 Å². The van der Waals surface area contributed by atoms with Crippen molar-refractivity contribution in [2.45, 2.75) is 16.7 Å². The summed E-state index contributed by atoms with van der Waals surface area (Å²) in [4.78, 5) is 10.7. The fraction of sp³-hybridized carbons (Fsp3) is 0.105. The van der Waals surface area contributed by atoms with Gasteiger partial charge in [0.15, 0.2) is 9.84 Å². The lowest BCUT2D eigenvalue weighted by atomic mass is 10.1. The fourth-order valence-corrected chi connectivity index (χ4v) is 5.62. The van der Waals surface area contributed by atoms with Crippen molar-refractivity contribution in [2.24, 2.45) is 0 Å². The van der Waals surface area contributed by atoms with E-state index < -0.39 is 25.8 Å². The van der Waals surface area contributed by atoms with Crippen molar-refractivity contribution < 1.29 is 26.7 Å². The number of carbonyl (C=O) groups is 1. The molecule has 0 bridgehead atoms. The Balaban J connectivity index is 1.99. The van der Waals surface area contributed by atoms with Gasteiger partial charge in [-0.05, 0) is 55.0 Å². The molecular formula is C19H18N2O6S2. The standard InChI is InChI=1S/C19H18N2O6S2/c1-13-12-14(9-10-15(13)21-11-5-6-16(21)19(22)23)20-29(26,27)18-8-4-3-7-17(18)28(2,24)25/h3-12,20H,1-2H3,(H,22,23). The van der Waals surface area contributed by atoms with Crippen molar-refractivity contribution in [3.05, 3.63) is 72.1 Å². The number of nitrogens with zero attached hydrogens (tertiary/aromatic N) is 1. The molecule has 0 atom stereocenters. The third kappa shape index (κ3) is 4.17. The fourth-order valence-electron chi connectivity index (χ4n) is 2.94. The number of sulfone groups is 1. The number of sulfonamides is 1. The van der Waals surface area contributed by atoms with Crippen LogP contribution in [0.15, 0.2) is 70.6 Å². The van der Waals surface area contributed by atoms with E-state index in [1.54, 1.807) is 31.3 Å². The maximum absolute atomic E-state index is 12.8. The Labute approximate surface area is 168 Å². The van der Waals surface area contributed by atoms with Crippen LogP contribution < -0.4 is 4.72 Å². The van der Waals surface area contributed by atoms with Crippen LogP contribution in [-0.2, 0) is 19.9 Å². The van der Waals surface area contributed by atoms with Crippen molar-refractivity contribution in [1.29, 1.82) is 0 Å².